The number of para-hydroxylation sites is 1. The van der Waals surface area contributed by atoms with Gasteiger partial charge in [-0.15, -0.1) is 0 Å². The molecule has 0 saturated carbocycles. The molecule has 0 aliphatic carbocycles. The fourth-order valence-electron chi connectivity index (χ4n) is 3.39. The number of nitrogens with zero attached hydrogens (tertiary/aromatic N) is 1. The van der Waals surface area contributed by atoms with Crippen LogP contribution in [0.15, 0.2) is 41.0 Å². The van der Waals surface area contributed by atoms with E-state index in [2.05, 4.69) is 31.3 Å². The predicted octanol–water partition coefficient (Wildman–Crippen LogP) is 3.07. The van der Waals surface area contributed by atoms with Crippen LogP contribution in [-0.4, -0.2) is 18.4 Å². The molecule has 1 N–H and O–H groups in total. The zero-order valence-corrected chi connectivity index (χ0v) is 14.7. The fourth-order valence-corrected chi connectivity index (χ4v) is 3.39. The fraction of sp³-hybridized carbons (Fsp3) is 0.400. The second-order valence-electron chi connectivity index (χ2n) is 6.33. The minimum Gasteiger partial charge on any atom is -0.467 e. The minimum atomic E-state index is -0.322. The molecule has 0 unspecified atom stereocenters. The Hall–Kier alpha value is -2.56. The van der Waals surface area contributed by atoms with Gasteiger partial charge in [0.2, 0.25) is 11.8 Å². The van der Waals surface area contributed by atoms with Crippen molar-refractivity contribution in [1.82, 2.24) is 5.32 Å². The number of hydrogen-bond donors (Lipinski definition) is 1. The van der Waals surface area contributed by atoms with Crippen LogP contribution in [0.25, 0.3) is 0 Å². The number of aryl methyl sites for hydroxylation is 2. The van der Waals surface area contributed by atoms with Crippen LogP contribution in [0.3, 0.4) is 0 Å². The molecule has 2 aromatic rings. The van der Waals surface area contributed by atoms with Crippen LogP contribution in [0.2, 0.25) is 0 Å². The number of carbonyl (C=O) groups excluding carboxylic acids is 2. The first-order chi connectivity index (χ1) is 12.1. The van der Waals surface area contributed by atoms with Gasteiger partial charge >= 0.3 is 0 Å². The summed E-state index contributed by atoms with van der Waals surface area (Å²) in [5, 5.41) is 2.87. The van der Waals surface area contributed by atoms with E-state index in [9.17, 15) is 9.59 Å². The lowest BCUT2D eigenvalue weighted by Gasteiger charge is -2.23. The van der Waals surface area contributed by atoms with E-state index in [1.165, 1.54) is 0 Å². The number of nitrogens with one attached hydrogen (secondary N) is 1. The van der Waals surface area contributed by atoms with Crippen molar-refractivity contribution in [2.24, 2.45) is 5.92 Å². The van der Waals surface area contributed by atoms with Crippen molar-refractivity contribution < 1.29 is 14.0 Å². The average Bonchev–Trinajstić information content (AvgIpc) is 3.28. The van der Waals surface area contributed by atoms with Crippen molar-refractivity contribution in [1.29, 1.82) is 0 Å². The molecule has 5 heteroatoms. The molecule has 1 aromatic carbocycles. The summed E-state index contributed by atoms with van der Waals surface area (Å²) >= 11 is 0. The third-order valence-electron chi connectivity index (χ3n) is 4.75. The molecule has 2 heterocycles. The molecule has 0 radical (unpaired) electrons. The van der Waals surface area contributed by atoms with Gasteiger partial charge in [0.25, 0.3) is 0 Å². The normalized spacial score (nSPS) is 17.1. The number of anilines is 1. The van der Waals surface area contributed by atoms with Crippen molar-refractivity contribution in [2.45, 2.75) is 39.7 Å². The first-order valence-corrected chi connectivity index (χ1v) is 8.85. The summed E-state index contributed by atoms with van der Waals surface area (Å²) in [7, 11) is 0. The highest BCUT2D eigenvalue weighted by atomic mass is 16.3. The van der Waals surface area contributed by atoms with E-state index in [1.807, 2.05) is 12.1 Å². The molecule has 1 aliphatic heterocycles. The Balaban J connectivity index is 1.73. The summed E-state index contributed by atoms with van der Waals surface area (Å²) in [6.45, 7) is 4.97. The molecule has 1 fully saturated rings. The molecule has 1 saturated heterocycles. The summed E-state index contributed by atoms with van der Waals surface area (Å²) in [5.74, 6) is 0.309. The number of furan rings is 1. The van der Waals surface area contributed by atoms with Gasteiger partial charge in [-0.3, -0.25) is 9.59 Å². The van der Waals surface area contributed by atoms with Gasteiger partial charge in [-0.2, -0.15) is 0 Å². The summed E-state index contributed by atoms with van der Waals surface area (Å²) < 4.78 is 5.23. The van der Waals surface area contributed by atoms with Crippen LogP contribution >= 0.6 is 0 Å². The standard InChI is InChI=1S/C20H24N2O3/c1-3-14-7-5-8-15(4-2)19(14)22-13-16(11-18(22)23)20(24)21-12-17-9-6-10-25-17/h5-10,16H,3-4,11-13H2,1-2H3,(H,21,24)/t16-/m0/s1. The summed E-state index contributed by atoms with van der Waals surface area (Å²) in [5.41, 5.74) is 3.31. The van der Waals surface area contributed by atoms with Crippen molar-refractivity contribution in [3.63, 3.8) is 0 Å². The third-order valence-corrected chi connectivity index (χ3v) is 4.75. The Morgan fingerprint density at radius 3 is 2.52 bits per heavy atom. The highest BCUT2D eigenvalue weighted by Crippen LogP contribution is 2.32. The van der Waals surface area contributed by atoms with E-state index in [0.717, 1.165) is 29.7 Å². The molecular weight excluding hydrogens is 316 g/mol. The van der Waals surface area contributed by atoms with Crippen LogP contribution in [0.1, 0.15) is 37.2 Å². The SMILES string of the molecule is CCc1cccc(CC)c1N1C[C@@H](C(=O)NCc2ccco2)CC1=O. The Bertz CT molecular complexity index is 730. The van der Waals surface area contributed by atoms with Crippen LogP contribution < -0.4 is 10.2 Å². The monoisotopic (exact) mass is 340 g/mol. The van der Waals surface area contributed by atoms with Gasteiger partial charge in [-0.05, 0) is 36.1 Å². The Morgan fingerprint density at radius 1 is 1.20 bits per heavy atom. The molecular formula is C20H24N2O3. The largest absolute Gasteiger partial charge is 0.467 e. The second-order valence-corrected chi connectivity index (χ2v) is 6.33. The maximum atomic E-state index is 12.6. The lowest BCUT2D eigenvalue weighted by Crippen LogP contribution is -2.33. The molecule has 1 aromatic heterocycles. The zero-order valence-electron chi connectivity index (χ0n) is 14.7. The van der Waals surface area contributed by atoms with Gasteiger partial charge in [-0.1, -0.05) is 32.0 Å². The van der Waals surface area contributed by atoms with Gasteiger partial charge in [0.1, 0.15) is 5.76 Å². The first-order valence-electron chi connectivity index (χ1n) is 8.85. The maximum absolute atomic E-state index is 12.6. The van der Waals surface area contributed by atoms with E-state index in [1.54, 1.807) is 17.2 Å². The highest BCUT2D eigenvalue weighted by Gasteiger charge is 2.36. The van der Waals surface area contributed by atoms with E-state index in [-0.39, 0.29) is 24.2 Å². The molecule has 25 heavy (non-hydrogen) atoms. The lowest BCUT2D eigenvalue weighted by atomic mass is 10.0. The van der Waals surface area contributed by atoms with Crippen LogP contribution in [0.5, 0.6) is 0 Å². The molecule has 3 rings (SSSR count). The molecule has 5 nitrogen and oxygen atoms in total. The summed E-state index contributed by atoms with van der Waals surface area (Å²) in [4.78, 5) is 26.8. The van der Waals surface area contributed by atoms with Crippen molar-refractivity contribution >= 4 is 17.5 Å². The summed E-state index contributed by atoms with van der Waals surface area (Å²) in [6, 6.07) is 9.76. The molecule has 1 atom stereocenters. The quantitative estimate of drug-likeness (QED) is 0.879. The Kier molecular flexibility index (Phi) is 5.22. The van der Waals surface area contributed by atoms with E-state index in [0.29, 0.717) is 18.8 Å². The van der Waals surface area contributed by atoms with Gasteiger partial charge < -0.3 is 14.6 Å². The Morgan fingerprint density at radius 2 is 1.92 bits per heavy atom. The van der Waals surface area contributed by atoms with Crippen LogP contribution in [-0.2, 0) is 29.0 Å². The van der Waals surface area contributed by atoms with Crippen LogP contribution in [0, 0.1) is 5.92 Å². The predicted molar refractivity (Wildman–Crippen MR) is 96.2 cm³/mol. The molecule has 0 bridgehead atoms. The van der Waals surface area contributed by atoms with Crippen molar-refractivity contribution in [3.8, 4) is 0 Å². The maximum Gasteiger partial charge on any atom is 0.227 e. The van der Waals surface area contributed by atoms with Crippen molar-refractivity contribution in [2.75, 3.05) is 11.4 Å². The van der Waals surface area contributed by atoms with E-state index >= 15 is 0 Å². The highest BCUT2D eigenvalue weighted by molar-refractivity contribution is 6.01. The number of hydrogen-bond acceptors (Lipinski definition) is 3. The van der Waals surface area contributed by atoms with Gasteiger partial charge in [-0.25, -0.2) is 0 Å². The lowest BCUT2D eigenvalue weighted by molar-refractivity contribution is -0.126. The number of carbonyl (C=O) groups is 2. The molecule has 2 amide bonds. The number of benzene rings is 1. The molecule has 1 aliphatic rings. The molecule has 0 spiro atoms. The number of amides is 2. The Labute approximate surface area is 148 Å². The van der Waals surface area contributed by atoms with Gasteiger partial charge in [0, 0.05) is 18.7 Å². The average molecular weight is 340 g/mol. The minimum absolute atomic E-state index is 0.0220. The number of rotatable bonds is 6. The zero-order chi connectivity index (χ0) is 17.8. The van der Waals surface area contributed by atoms with Gasteiger partial charge in [0.15, 0.2) is 0 Å². The van der Waals surface area contributed by atoms with E-state index in [4.69, 9.17) is 4.42 Å². The topological polar surface area (TPSA) is 62.6 Å². The summed E-state index contributed by atoms with van der Waals surface area (Å²) in [6.07, 6.45) is 3.56. The molecule has 132 valence electrons. The van der Waals surface area contributed by atoms with Gasteiger partial charge in [0.05, 0.1) is 18.7 Å². The van der Waals surface area contributed by atoms with E-state index < -0.39 is 0 Å². The van der Waals surface area contributed by atoms with Crippen LogP contribution in [0.4, 0.5) is 5.69 Å². The smallest absolute Gasteiger partial charge is 0.227 e. The van der Waals surface area contributed by atoms with Crippen molar-refractivity contribution in [3.05, 3.63) is 53.5 Å². The third kappa shape index (κ3) is 3.60. The second kappa shape index (κ2) is 7.55. The first kappa shape index (κ1) is 17.3.